The molecule has 0 spiro atoms. The van der Waals surface area contributed by atoms with Gasteiger partial charge in [-0.15, -0.1) is 0 Å². The second-order valence-corrected chi connectivity index (χ2v) is 5.50. The fourth-order valence-corrected chi connectivity index (χ4v) is 2.47. The Hall–Kier alpha value is -3.22. The SMILES string of the molecule is O=C1C=C(Nc2cc(F)c(O)cc2F)C(=O)N1CCc1ccccc1. The summed E-state index contributed by atoms with van der Waals surface area (Å²) in [6.07, 6.45) is 1.53. The number of phenols is 1. The molecule has 0 atom stereocenters. The molecule has 7 heteroatoms. The first-order valence-corrected chi connectivity index (χ1v) is 7.52. The standard InChI is InChI=1S/C18H14F2N2O3/c19-12-9-16(23)13(20)8-14(12)21-15-10-17(24)22(18(15)25)7-6-11-4-2-1-3-5-11/h1-5,8-10,21,23H,6-7H2. The second kappa shape index (κ2) is 6.72. The first kappa shape index (κ1) is 16.6. The normalized spacial score (nSPS) is 14.0. The van der Waals surface area contributed by atoms with Gasteiger partial charge in [0.25, 0.3) is 11.8 Å². The number of phenolic OH excluding ortho intramolecular Hbond substituents is 1. The van der Waals surface area contributed by atoms with E-state index in [0.717, 1.165) is 22.6 Å². The molecule has 128 valence electrons. The molecule has 0 unspecified atom stereocenters. The molecule has 5 nitrogen and oxygen atoms in total. The molecule has 0 fully saturated rings. The number of nitrogens with zero attached hydrogens (tertiary/aromatic N) is 1. The van der Waals surface area contributed by atoms with Crippen LogP contribution in [0.25, 0.3) is 0 Å². The smallest absolute Gasteiger partial charge is 0.277 e. The lowest BCUT2D eigenvalue weighted by atomic mass is 10.1. The zero-order valence-corrected chi connectivity index (χ0v) is 13.0. The van der Waals surface area contributed by atoms with E-state index in [4.69, 9.17) is 5.11 Å². The van der Waals surface area contributed by atoms with Gasteiger partial charge in [0.05, 0.1) is 5.69 Å². The van der Waals surface area contributed by atoms with Crippen LogP contribution in [0.15, 0.2) is 54.2 Å². The molecular formula is C18H14F2N2O3. The molecule has 0 bridgehead atoms. The number of rotatable bonds is 5. The Labute approximate surface area is 142 Å². The van der Waals surface area contributed by atoms with Gasteiger partial charge in [0.15, 0.2) is 17.4 Å². The van der Waals surface area contributed by atoms with Crippen LogP contribution in [-0.2, 0) is 16.0 Å². The fraction of sp³-hybridized carbons (Fsp3) is 0.111. The molecule has 0 saturated heterocycles. The Morgan fingerprint density at radius 2 is 1.76 bits per heavy atom. The maximum atomic E-state index is 13.7. The minimum atomic E-state index is -1.04. The lowest BCUT2D eigenvalue weighted by molar-refractivity contribution is -0.137. The minimum Gasteiger partial charge on any atom is -0.505 e. The van der Waals surface area contributed by atoms with Gasteiger partial charge in [-0.1, -0.05) is 30.3 Å². The average Bonchev–Trinajstić information content (AvgIpc) is 2.85. The molecule has 0 radical (unpaired) electrons. The summed E-state index contributed by atoms with van der Waals surface area (Å²) in [4.78, 5) is 25.3. The predicted octanol–water partition coefficient (Wildman–Crippen LogP) is 2.58. The summed E-state index contributed by atoms with van der Waals surface area (Å²) < 4.78 is 27.1. The number of amides is 2. The maximum Gasteiger partial charge on any atom is 0.277 e. The number of imide groups is 1. The van der Waals surface area contributed by atoms with Crippen LogP contribution in [0.1, 0.15) is 5.56 Å². The van der Waals surface area contributed by atoms with Crippen molar-refractivity contribution < 1.29 is 23.5 Å². The first-order valence-electron chi connectivity index (χ1n) is 7.52. The van der Waals surface area contributed by atoms with Crippen LogP contribution in [0.3, 0.4) is 0 Å². The van der Waals surface area contributed by atoms with E-state index in [2.05, 4.69) is 5.32 Å². The van der Waals surface area contributed by atoms with Crippen molar-refractivity contribution in [3.05, 3.63) is 71.4 Å². The highest BCUT2D eigenvalue weighted by atomic mass is 19.1. The van der Waals surface area contributed by atoms with Gasteiger partial charge in [0.2, 0.25) is 0 Å². The van der Waals surface area contributed by atoms with Gasteiger partial charge in [0.1, 0.15) is 5.70 Å². The van der Waals surface area contributed by atoms with E-state index in [1.807, 2.05) is 30.3 Å². The Balaban J connectivity index is 1.70. The lowest BCUT2D eigenvalue weighted by Gasteiger charge is -2.15. The summed E-state index contributed by atoms with van der Waals surface area (Å²) in [5.74, 6) is -3.96. The van der Waals surface area contributed by atoms with Gasteiger partial charge < -0.3 is 10.4 Å². The number of benzene rings is 2. The highest BCUT2D eigenvalue weighted by Crippen LogP contribution is 2.26. The predicted molar refractivity (Wildman–Crippen MR) is 86.6 cm³/mol. The average molecular weight is 344 g/mol. The van der Waals surface area contributed by atoms with Crippen LogP contribution >= 0.6 is 0 Å². The number of halogens is 2. The summed E-state index contributed by atoms with van der Waals surface area (Å²) in [7, 11) is 0. The molecule has 0 aromatic heterocycles. The minimum absolute atomic E-state index is 0.151. The molecular weight excluding hydrogens is 330 g/mol. The van der Waals surface area contributed by atoms with Crippen LogP contribution in [0.2, 0.25) is 0 Å². The van der Waals surface area contributed by atoms with E-state index in [9.17, 15) is 18.4 Å². The molecule has 1 heterocycles. The van der Waals surface area contributed by atoms with E-state index >= 15 is 0 Å². The molecule has 2 aromatic rings. The van der Waals surface area contributed by atoms with Gasteiger partial charge in [-0.3, -0.25) is 14.5 Å². The molecule has 0 aliphatic carbocycles. The Kier molecular flexibility index (Phi) is 4.47. The lowest BCUT2D eigenvalue weighted by Crippen LogP contribution is -2.34. The monoisotopic (exact) mass is 344 g/mol. The van der Waals surface area contributed by atoms with E-state index < -0.39 is 29.2 Å². The van der Waals surface area contributed by atoms with Crippen LogP contribution in [-0.4, -0.2) is 28.4 Å². The van der Waals surface area contributed by atoms with Crippen molar-refractivity contribution in [2.75, 3.05) is 11.9 Å². The highest BCUT2D eigenvalue weighted by molar-refractivity contribution is 6.17. The third-order valence-corrected chi connectivity index (χ3v) is 3.78. The van der Waals surface area contributed by atoms with Crippen LogP contribution < -0.4 is 5.32 Å². The van der Waals surface area contributed by atoms with E-state index in [1.165, 1.54) is 0 Å². The van der Waals surface area contributed by atoms with Gasteiger partial charge in [-0.2, -0.15) is 0 Å². The Morgan fingerprint density at radius 3 is 2.48 bits per heavy atom. The summed E-state index contributed by atoms with van der Waals surface area (Å²) >= 11 is 0. The summed E-state index contributed by atoms with van der Waals surface area (Å²) in [5, 5.41) is 11.5. The molecule has 2 amide bonds. The number of anilines is 1. The van der Waals surface area contributed by atoms with Crippen molar-refractivity contribution in [2.45, 2.75) is 6.42 Å². The van der Waals surface area contributed by atoms with Crippen LogP contribution in [0, 0.1) is 11.6 Å². The number of carbonyl (C=O) groups excluding carboxylic acids is 2. The first-order chi connectivity index (χ1) is 12.0. The van der Waals surface area contributed by atoms with Crippen molar-refractivity contribution in [3.8, 4) is 5.75 Å². The number of nitrogens with one attached hydrogen (secondary N) is 1. The number of carbonyl (C=O) groups is 2. The third-order valence-electron chi connectivity index (χ3n) is 3.78. The molecule has 2 aromatic carbocycles. The highest BCUT2D eigenvalue weighted by Gasteiger charge is 2.31. The number of hydrogen-bond acceptors (Lipinski definition) is 4. The largest absolute Gasteiger partial charge is 0.505 e. The van der Waals surface area contributed by atoms with Crippen molar-refractivity contribution in [3.63, 3.8) is 0 Å². The van der Waals surface area contributed by atoms with Gasteiger partial charge in [-0.25, -0.2) is 8.78 Å². The van der Waals surface area contributed by atoms with Gasteiger partial charge in [-0.05, 0) is 12.0 Å². The molecule has 3 rings (SSSR count). The fourth-order valence-electron chi connectivity index (χ4n) is 2.47. The maximum absolute atomic E-state index is 13.7. The van der Waals surface area contributed by atoms with Crippen molar-refractivity contribution in [1.82, 2.24) is 4.90 Å². The summed E-state index contributed by atoms with van der Waals surface area (Å²) in [6, 6.07) is 10.7. The third kappa shape index (κ3) is 3.50. The Bertz CT molecular complexity index is 866. The summed E-state index contributed by atoms with van der Waals surface area (Å²) in [6.45, 7) is 0.176. The second-order valence-electron chi connectivity index (χ2n) is 5.50. The van der Waals surface area contributed by atoms with Crippen molar-refractivity contribution in [2.24, 2.45) is 0 Å². The zero-order valence-electron chi connectivity index (χ0n) is 13.0. The van der Waals surface area contributed by atoms with E-state index in [-0.39, 0.29) is 17.9 Å². The quantitative estimate of drug-likeness (QED) is 0.646. The number of aromatic hydroxyl groups is 1. The topological polar surface area (TPSA) is 69.6 Å². The molecule has 1 aliphatic rings. The van der Waals surface area contributed by atoms with Crippen LogP contribution in [0.5, 0.6) is 5.75 Å². The Morgan fingerprint density at radius 1 is 1.04 bits per heavy atom. The van der Waals surface area contributed by atoms with Crippen molar-refractivity contribution >= 4 is 17.5 Å². The zero-order chi connectivity index (χ0) is 18.0. The van der Waals surface area contributed by atoms with Gasteiger partial charge in [0, 0.05) is 24.8 Å². The molecule has 2 N–H and O–H groups in total. The molecule has 0 saturated carbocycles. The van der Waals surface area contributed by atoms with Crippen LogP contribution in [0.4, 0.5) is 14.5 Å². The van der Waals surface area contributed by atoms with E-state index in [0.29, 0.717) is 12.5 Å². The van der Waals surface area contributed by atoms with Crippen molar-refractivity contribution in [1.29, 1.82) is 0 Å². The molecule has 1 aliphatic heterocycles. The summed E-state index contributed by atoms with van der Waals surface area (Å²) in [5.41, 5.74) is 0.478. The number of hydrogen-bond donors (Lipinski definition) is 2. The molecule has 25 heavy (non-hydrogen) atoms. The van der Waals surface area contributed by atoms with E-state index in [1.54, 1.807) is 0 Å². The van der Waals surface area contributed by atoms with Gasteiger partial charge >= 0.3 is 0 Å².